The number of hydrogen-bond acceptors (Lipinski definition) is 5. The predicted molar refractivity (Wildman–Crippen MR) is 171 cm³/mol. The van der Waals surface area contributed by atoms with Crippen LogP contribution in [0.2, 0.25) is 0 Å². The first-order valence-electron chi connectivity index (χ1n) is 15.4. The van der Waals surface area contributed by atoms with Crippen molar-refractivity contribution >= 4 is 41.6 Å². The van der Waals surface area contributed by atoms with Crippen LogP contribution in [0.15, 0.2) is 39.8 Å². The SMILES string of the molecule is CCC1=C(C)[C@@H](/C=C2/NC(Cc3[nH]c(/C=C4\NC(=O)[C@H](C)[C@H]4[C@H]4C[SH+]4)c(C)c3CCC(=O)O)C(CCC(=O)O)=C2C)NC1=O. The zero-order valence-electron chi connectivity index (χ0n) is 26.0. The summed E-state index contributed by atoms with van der Waals surface area (Å²) in [4.78, 5) is 51.7. The molecule has 1 aromatic rings. The number of carbonyl (C=O) groups is 4. The molecule has 0 spiro atoms. The van der Waals surface area contributed by atoms with Crippen molar-refractivity contribution < 1.29 is 29.4 Å². The van der Waals surface area contributed by atoms with Crippen LogP contribution in [0.5, 0.6) is 0 Å². The monoisotopic (exact) mass is 623 g/mol. The van der Waals surface area contributed by atoms with E-state index in [-0.39, 0.29) is 48.6 Å². The molecule has 6 N–H and O–H groups in total. The molecule has 1 unspecified atom stereocenters. The average molecular weight is 624 g/mol. The van der Waals surface area contributed by atoms with E-state index in [2.05, 4.69) is 20.9 Å². The molecule has 5 heterocycles. The van der Waals surface area contributed by atoms with Gasteiger partial charge in [0.2, 0.25) is 11.8 Å². The number of aliphatic carboxylic acids is 2. The van der Waals surface area contributed by atoms with Crippen molar-refractivity contribution in [2.45, 2.75) is 90.5 Å². The minimum Gasteiger partial charge on any atom is -0.481 e. The van der Waals surface area contributed by atoms with Crippen molar-refractivity contribution in [3.8, 4) is 0 Å². The molecule has 2 amide bonds. The van der Waals surface area contributed by atoms with Gasteiger partial charge in [0.15, 0.2) is 11.0 Å². The van der Waals surface area contributed by atoms with Gasteiger partial charge in [-0.2, -0.15) is 0 Å². The number of H-pyrrole nitrogens is 1. The van der Waals surface area contributed by atoms with Crippen molar-refractivity contribution in [1.82, 2.24) is 20.9 Å². The highest BCUT2D eigenvalue weighted by Gasteiger charge is 2.52. The molecule has 44 heavy (non-hydrogen) atoms. The van der Waals surface area contributed by atoms with Crippen LogP contribution < -0.4 is 16.0 Å². The van der Waals surface area contributed by atoms with Crippen LogP contribution in [-0.4, -0.2) is 62.0 Å². The summed E-state index contributed by atoms with van der Waals surface area (Å²) in [7, 11) is 0. The first kappa shape index (κ1) is 31.7. The molecule has 0 radical (unpaired) electrons. The number of carbonyl (C=O) groups excluding carboxylic acids is 2. The van der Waals surface area contributed by atoms with Gasteiger partial charge >= 0.3 is 11.9 Å². The van der Waals surface area contributed by atoms with Crippen molar-refractivity contribution in [2.24, 2.45) is 11.8 Å². The van der Waals surface area contributed by atoms with Gasteiger partial charge in [0, 0.05) is 53.5 Å². The Morgan fingerprint density at radius 1 is 1.05 bits per heavy atom. The molecule has 10 nitrogen and oxygen atoms in total. The molecular formula is C33H43N4O6S+. The van der Waals surface area contributed by atoms with E-state index in [0.717, 1.165) is 62.0 Å². The van der Waals surface area contributed by atoms with Crippen molar-refractivity contribution in [3.63, 3.8) is 0 Å². The fourth-order valence-corrected chi connectivity index (χ4v) is 7.94. The minimum atomic E-state index is -0.878. The molecule has 0 saturated carbocycles. The molecule has 236 valence electrons. The van der Waals surface area contributed by atoms with E-state index < -0.39 is 11.9 Å². The lowest BCUT2D eigenvalue weighted by molar-refractivity contribution is -0.138. The summed E-state index contributed by atoms with van der Waals surface area (Å²) >= 11 is 1.36. The summed E-state index contributed by atoms with van der Waals surface area (Å²) in [5, 5.41) is 29.2. The third-order valence-corrected chi connectivity index (χ3v) is 10.7. The van der Waals surface area contributed by atoms with E-state index >= 15 is 0 Å². The lowest BCUT2D eigenvalue weighted by Gasteiger charge is -2.17. The van der Waals surface area contributed by atoms with E-state index in [4.69, 9.17) is 0 Å². The van der Waals surface area contributed by atoms with E-state index in [9.17, 15) is 29.4 Å². The Hall–Kier alpha value is -3.73. The Balaban J connectivity index is 1.48. The van der Waals surface area contributed by atoms with Crippen molar-refractivity contribution in [1.29, 1.82) is 0 Å². The smallest absolute Gasteiger partial charge is 0.303 e. The Morgan fingerprint density at radius 2 is 1.73 bits per heavy atom. The van der Waals surface area contributed by atoms with Gasteiger partial charge in [-0.05, 0) is 91.8 Å². The second-order valence-corrected chi connectivity index (χ2v) is 13.7. The molecule has 1 aromatic heterocycles. The van der Waals surface area contributed by atoms with Gasteiger partial charge in [-0.15, -0.1) is 0 Å². The number of rotatable bonds is 12. The zero-order chi connectivity index (χ0) is 31.9. The number of nitrogens with one attached hydrogen (secondary N) is 4. The second kappa shape index (κ2) is 12.7. The number of carboxylic acid groups (broad SMARTS) is 2. The zero-order valence-corrected chi connectivity index (χ0v) is 26.9. The van der Waals surface area contributed by atoms with Crippen molar-refractivity contribution in [3.05, 3.63) is 62.3 Å². The molecule has 4 aliphatic heterocycles. The maximum atomic E-state index is 12.6. The van der Waals surface area contributed by atoms with Gasteiger partial charge in [0.25, 0.3) is 0 Å². The number of aromatic amines is 1. The fourth-order valence-electron chi connectivity index (χ4n) is 6.95. The number of amides is 2. The largest absolute Gasteiger partial charge is 0.481 e. The van der Waals surface area contributed by atoms with Gasteiger partial charge in [-0.25, -0.2) is 0 Å². The molecule has 2 saturated heterocycles. The second-order valence-electron chi connectivity index (χ2n) is 12.3. The number of thiol groups is 1. The number of allylic oxidation sites excluding steroid dienone is 2. The van der Waals surface area contributed by atoms with E-state index in [1.54, 1.807) is 0 Å². The summed E-state index contributed by atoms with van der Waals surface area (Å²) in [6, 6.07) is -0.451. The van der Waals surface area contributed by atoms with E-state index in [0.29, 0.717) is 30.9 Å². The summed E-state index contributed by atoms with van der Waals surface area (Å²) in [5.74, 6) is -0.623. The summed E-state index contributed by atoms with van der Waals surface area (Å²) in [5.41, 5.74) is 9.15. The first-order valence-corrected chi connectivity index (χ1v) is 16.6. The Labute approximate surface area is 261 Å². The Bertz CT molecular complexity index is 1530. The molecule has 2 fully saturated rings. The Kier molecular flexibility index (Phi) is 9.15. The third-order valence-electron chi connectivity index (χ3n) is 9.62. The van der Waals surface area contributed by atoms with Gasteiger partial charge in [-0.3, -0.25) is 19.2 Å². The molecule has 4 aliphatic rings. The van der Waals surface area contributed by atoms with Gasteiger partial charge in [-0.1, -0.05) is 13.8 Å². The maximum absolute atomic E-state index is 12.6. The van der Waals surface area contributed by atoms with Crippen LogP contribution in [0.4, 0.5) is 0 Å². The first-order chi connectivity index (χ1) is 20.9. The van der Waals surface area contributed by atoms with E-state index in [1.807, 2.05) is 46.8 Å². The molecule has 0 aromatic carbocycles. The number of aromatic nitrogens is 1. The topological polar surface area (TPSA) is 161 Å². The molecule has 5 atom stereocenters. The Morgan fingerprint density at radius 3 is 2.34 bits per heavy atom. The highest BCUT2D eigenvalue weighted by Crippen LogP contribution is 2.39. The lowest BCUT2D eigenvalue weighted by atomic mass is 9.91. The van der Waals surface area contributed by atoms with E-state index in [1.165, 1.54) is 11.8 Å². The summed E-state index contributed by atoms with van der Waals surface area (Å²) < 4.78 is 0. The standard InChI is InChI=1S/C33H42N4O6S/c1-6-19-15(2)24(36-33(19)43)11-22-16(3)20(7-9-29(38)39)25(34-22)13-26-21(8-10-30(40)41)17(4)23(35-26)12-27-31(28-14-44-28)18(5)32(42)37-27/h11-12,18,24-25,28,31,34-35H,6-10,13-14H2,1-5H3,(H,36,43)(H,37,42)(H,38,39)(H,40,41)/p+1/b22-11+,27-12-/t18-,24-,25?,28-,31-/m1/s1. The van der Waals surface area contributed by atoms with Crippen LogP contribution in [0.3, 0.4) is 0 Å². The fraction of sp³-hybridized carbons (Fsp3) is 0.515. The molecule has 0 aliphatic carbocycles. The molecular weight excluding hydrogens is 580 g/mol. The highest BCUT2D eigenvalue weighted by atomic mass is 32.2. The molecule has 11 heteroatoms. The van der Waals surface area contributed by atoms with Crippen LogP contribution >= 0.6 is 0 Å². The number of carboxylic acids is 2. The molecule has 5 rings (SSSR count). The normalized spacial score (nSPS) is 28.2. The maximum Gasteiger partial charge on any atom is 0.303 e. The summed E-state index contributed by atoms with van der Waals surface area (Å²) in [6.07, 6.45) is 5.88. The number of hydrogen-bond donors (Lipinski definition) is 6. The van der Waals surface area contributed by atoms with Crippen molar-refractivity contribution in [2.75, 3.05) is 5.75 Å². The van der Waals surface area contributed by atoms with Crippen LogP contribution in [-0.2, 0) is 43.8 Å². The predicted octanol–water partition coefficient (Wildman–Crippen LogP) is 3.06. The van der Waals surface area contributed by atoms with Crippen LogP contribution in [0, 0.1) is 18.8 Å². The minimum absolute atomic E-state index is 0.00996. The third kappa shape index (κ3) is 6.38. The quantitative estimate of drug-likeness (QED) is 0.119. The average Bonchev–Trinajstić information content (AvgIpc) is 3.53. The summed E-state index contributed by atoms with van der Waals surface area (Å²) in [6.45, 7) is 9.86. The van der Waals surface area contributed by atoms with Crippen LogP contribution in [0.25, 0.3) is 6.08 Å². The van der Waals surface area contributed by atoms with Gasteiger partial charge < -0.3 is 31.1 Å². The lowest BCUT2D eigenvalue weighted by Crippen LogP contribution is -2.30. The van der Waals surface area contributed by atoms with Gasteiger partial charge in [0.05, 0.1) is 18.0 Å². The van der Waals surface area contributed by atoms with Crippen LogP contribution in [0.1, 0.15) is 75.9 Å². The molecule has 0 bridgehead atoms. The highest BCUT2D eigenvalue weighted by molar-refractivity contribution is 7.86. The van der Waals surface area contributed by atoms with Gasteiger partial charge in [0.1, 0.15) is 0 Å².